The highest BCUT2D eigenvalue weighted by Crippen LogP contribution is 2.32. The number of hydrogen-bond acceptors (Lipinski definition) is 3. The predicted molar refractivity (Wildman–Crippen MR) is 87.2 cm³/mol. The molecule has 0 saturated heterocycles. The lowest BCUT2D eigenvalue weighted by atomic mass is 9.74. The smallest absolute Gasteiger partial charge is 0.387 e. The predicted octanol–water partition coefficient (Wildman–Crippen LogP) is 3.57. The molecule has 2 rings (SSSR count). The van der Waals surface area contributed by atoms with Crippen LogP contribution in [0.2, 0.25) is 0 Å². The van der Waals surface area contributed by atoms with E-state index in [0.29, 0.717) is 5.56 Å². The van der Waals surface area contributed by atoms with E-state index in [1.807, 2.05) is 6.92 Å². The van der Waals surface area contributed by atoms with Gasteiger partial charge in [0.05, 0.1) is 5.92 Å². The van der Waals surface area contributed by atoms with Crippen molar-refractivity contribution < 1.29 is 18.3 Å². The molecule has 2 unspecified atom stereocenters. The Labute approximate surface area is 142 Å². The molecule has 1 aromatic rings. The Kier molecular flexibility index (Phi) is 5.97. The van der Waals surface area contributed by atoms with E-state index < -0.39 is 12.2 Å². The third-order valence-corrected chi connectivity index (χ3v) is 4.76. The second-order valence-corrected chi connectivity index (χ2v) is 7.07. The van der Waals surface area contributed by atoms with Gasteiger partial charge in [0.1, 0.15) is 5.75 Å². The number of nitrogens with two attached hydrogens (primary N) is 1. The minimum atomic E-state index is -2.91. The number of amides is 1. The Morgan fingerprint density at radius 2 is 2.26 bits per heavy atom. The number of hydrogen-bond donors (Lipinski definition) is 2. The van der Waals surface area contributed by atoms with Crippen molar-refractivity contribution in [3.63, 3.8) is 0 Å². The van der Waals surface area contributed by atoms with Crippen molar-refractivity contribution in [1.29, 1.82) is 0 Å². The number of halogens is 3. The summed E-state index contributed by atoms with van der Waals surface area (Å²) in [5, 5.41) is 2.80. The van der Waals surface area contributed by atoms with Gasteiger partial charge in [0.25, 0.3) is 0 Å². The number of benzene rings is 1. The topological polar surface area (TPSA) is 64.4 Å². The molecule has 0 aromatic heterocycles. The molecule has 4 nitrogen and oxygen atoms in total. The third kappa shape index (κ3) is 4.88. The first-order chi connectivity index (χ1) is 10.8. The molecular weight excluding hydrogens is 370 g/mol. The van der Waals surface area contributed by atoms with Gasteiger partial charge in [-0.15, -0.1) is 0 Å². The quantitative estimate of drug-likeness (QED) is 0.807. The monoisotopic (exact) mass is 390 g/mol. The van der Waals surface area contributed by atoms with Crippen LogP contribution in [0.3, 0.4) is 0 Å². The van der Waals surface area contributed by atoms with Crippen molar-refractivity contribution in [2.24, 2.45) is 11.7 Å². The van der Waals surface area contributed by atoms with E-state index in [4.69, 9.17) is 5.73 Å². The SMILES string of the molecule is CC1(N)CCCCC1C(=O)NCc1cc(Br)ccc1OC(F)F. The molecule has 0 spiro atoms. The summed E-state index contributed by atoms with van der Waals surface area (Å²) < 4.78 is 30.1. The maximum absolute atomic E-state index is 12.5. The molecule has 128 valence electrons. The van der Waals surface area contributed by atoms with Gasteiger partial charge < -0.3 is 15.8 Å². The molecule has 1 aliphatic rings. The van der Waals surface area contributed by atoms with E-state index in [0.717, 1.165) is 30.2 Å². The Bertz CT molecular complexity index is 567. The van der Waals surface area contributed by atoms with Crippen molar-refractivity contribution in [3.05, 3.63) is 28.2 Å². The van der Waals surface area contributed by atoms with Crippen LogP contribution in [0, 0.1) is 5.92 Å². The average Bonchev–Trinajstić information content (AvgIpc) is 2.46. The molecule has 0 bridgehead atoms. The van der Waals surface area contributed by atoms with Crippen molar-refractivity contribution >= 4 is 21.8 Å². The minimum Gasteiger partial charge on any atom is -0.434 e. The molecule has 23 heavy (non-hydrogen) atoms. The zero-order valence-electron chi connectivity index (χ0n) is 13.0. The number of rotatable bonds is 5. The molecule has 1 fully saturated rings. The van der Waals surface area contributed by atoms with Gasteiger partial charge in [0, 0.05) is 22.1 Å². The number of alkyl halides is 2. The molecule has 2 atom stereocenters. The number of ether oxygens (including phenoxy) is 1. The van der Waals surface area contributed by atoms with Gasteiger partial charge in [0.15, 0.2) is 0 Å². The molecule has 1 amide bonds. The van der Waals surface area contributed by atoms with Gasteiger partial charge in [-0.25, -0.2) is 0 Å². The summed E-state index contributed by atoms with van der Waals surface area (Å²) in [6, 6.07) is 4.72. The summed E-state index contributed by atoms with van der Waals surface area (Å²) in [5.74, 6) is -0.344. The van der Waals surface area contributed by atoms with Gasteiger partial charge in [0.2, 0.25) is 5.91 Å². The van der Waals surface area contributed by atoms with E-state index in [-0.39, 0.29) is 24.1 Å². The van der Waals surface area contributed by atoms with Crippen LogP contribution in [0.4, 0.5) is 8.78 Å². The maximum Gasteiger partial charge on any atom is 0.387 e. The second-order valence-electron chi connectivity index (χ2n) is 6.15. The molecule has 7 heteroatoms. The van der Waals surface area contributed by atoms with Gasteiger partial charge in [-0.3, -0.25) is 4.79 Å². The van der Waals surface area contributed by atoms with E-state index >= 15 is 0 Å². The summed E-state index contributed by atoms with van der Waals surface area (Å²) in [4.78, 5) is 12.4. The lowest BCUT2D eigenvalue weighted by Crippen LogP contribution is -2.52. The Balaban J connectivity index is 2.05. The normalized spacial score (nSPS) is 24.5. The van der Waals surface area contributed by atoms with Crippen LogP contribution in [-0.2, 0) is 11.3 Å². The zero-order valence-corrected chi connectivity index (χ0v) is 14.5. The van der Waals surface area contributed by atoms with Crippen LogP contribution in [0.5, 0.6) is 5.75 Å². The third-order valence-electron chi connectivity index (χ3n) is 4.26. The van der Waals surface area contributed by atoms with Crippen molar-refractivity contribution in [2.45, 2.75) is 51.3 Å². The van der Waals surface area contributed by atoms with Gasteiger partial charge >= 0.3 is 6.61 Å². The first-order valence-electron chi connectivity index (χ1n) is 7.59. The molecule has 0 heterocycles. The fourth-order valence-electron chi connectivity index (χ4n) is 2.99. The van der Waals surface area contributed by atoms with Crippen molar-refractivity contribution in [2.75, 3.05) is 0 Å². The highest BCUT2D eigenvalue weighted by Gasteiger charge is 2.37. The van der Waals surface area contributed by atoms with Crippen LogP contribution in [0.25, 0.3) is 0 Å². The van der Waals surface area contributed by atoms with Gasteiger partial charge in [-0.1, -0.05) is 28.8 Å². The van der Waals surface area contributed by atoms with Crippen LogP contribution in [-0.4, -0.2) is 18.1 Å². The van der Waals surface area contributed by atoms with E-state index in [1.54, 1.807) is 12.1 Å². The maximum atomic E-state index is 12.5. The Hall–Kier alpha value is -1.21. The molecule has 1 aliphatic carbocycles. The highest BCUT2D eigenvalue weighted by molar-refractivity contribution is 9.10. The average molecular weight is 391 g/mol. The van der Waals surface area contributed by atoms with Crippen LogP contribution < -0.4 is 15.8 Å². The van der Waals surface area contributed by atoms with Gasteiger partial charge in [-0.05, 0) is 38.0 Å². The summed E-state index contributed by atoms with van der Waals surface area (Å²) in [6.07, 6.45) is 3.55. The first-order valence-corrected chi connectivity index (χ1v) is 8.39. The summed E-state index contributed by atoms with van der Waals surface area (Å²) in [7, 11) is 0. The summed E-state index contributed by atoms with van der Waals surface area (Å²) in [5.41, 5.74) is 6.18. The molecule has 3 N–H and O–H groups in total. The van der Waals surface area contributed by atoms with Crippen molar-refractivity contribution in [3.8, 4) is 5.75 Å². The molecule has 1 aromatic carbocycles. The van der Waals surface area contributed by atoms with E-state index in [2.05, 4.69) is 26.0 Å². The van der Waals surface area contributed by atoms with Crippen LogP contribution >= 0.6 is 15.9 Å². The fraction of sp³-hybridized carbons (Fsp3) is 0.562. The van der Waals surface area contributed by atoms with Gasteiger partial charge in [-0.2, -0.15) is 8.78 Å². The highest BCUT2D eigenvalue weighted by atomic mass is 79.9. The summed E-state index contributed by atoms with van der Waals surface area (Å²) >= 11 is 3.29. The van der Waals surface area contributed by atoms with Crippen molar-refractivity contribution in [1.82, 2.24) is 5.32 Å². The van der Waals surface area contributed by atoms with Crippen LogP contribution in [0.1, 0.15) is 38.2 Å². The number of carbonyl (C=O) groups excluding carboxylic acids is 1. The zero-order chi connectivity index (χ0) is 17.0. The Morgan fingerprint density at radius 1 is 1.52 bits per heavy atom. The number of nitrogens with one attached hydrogen (secondary N) is 1. The lowest BCUT2D eigenvalue weighted by molar-refractivity contribution is -0.128. The van der Waals surface area contributed by atoms with E-state index in [1.165, 1.54) is 6.07 Å². The Morgan fingerprint density at radius 3 is 2.91 bits per heavy atom. The lowest BCUT2D eigenvalue weighted by Gasteiger charge is -2.37. The standard InChI is InChI=1S/C16H21BrF2N2O2/c1-16(20)7-3-2-4-12(16)14(22)21-9-10-8-11(17)5-6-13(10)23-15(18)19/h5-6,8,12,15H,2-4,7,9,20H2,1H3,(H,21,22). The largest absolute Gasteiger partial charge is 0.434 e. The molecule has 1 saturated carbocycles. The van der Waals surface area contributed by atoms with E-state index in [9.17, 15) is 13.6 Å². The number of carbonyl (C=O) groups is 1. The molecule has 0 radical (unpaired) electrons. The molecular formula is C16H21BrF2N2O2. The second kappa shape index (κ2) is 7.57. The fourth-order valence-corrected chi connectivity index (χ4v) is 3.40. The van der Waals surface area contributed by atoms with Crippen LogP contribution in [0.15, 0.2) is 22.7 Å². The minimum absolute atomic E-state index is 0.0580. The molecule has 0 aliphatic heterocycles. The summed E-state index contributed by atoms with van der Waals surface area (Å²) in [6.45, 7) is -0.899. The first kappa shape index (κ1) is 18.1.